The van der Waals surface area contributed by atoms with Crippen molar-refractivity contribution < 1.29 is 0 Å². The van der Waals surface area contributed by atoms with Crippen molar-refractivity contribution in [2.24, 2.45) is 5.92 Å². The highest BCUT2D eigenvalue weighted by Crippen LogP contribution is 2.29. The number of halogens is 1. The van der Waals surface area contributed by atoms with Crippen molar-refractivity contribution in [2.75, 3.05) is 19.0 Å². The smallest absolute Gasteiger partial charge is 0.0620 e. The van der Waals surface area contributed by atoms with Crippen molar-refractivity contribution in [3.05, 3.63) is 11.8 Å². The molecule has 0 spiro atoms. The van der Waals surface area contributed by atoms with E-state index in [0.29, 0.717) is 5.88 Å². The molecule has 1 nitrogen and oxygen atoms in total. The first kappa shape index (κ1) is 6.53. The number of allylic oxidation sites excluding steroid dienone is 2. The van der Waals surface area contributed by atoms with Gasteiger partial charge in [-0.25, -0.2) is 0 Å². The van der Waals surface area contributed by atoms with Gasteiger partial charge in [-0.2, -0.15) is 0 Å². The van der Waals surface area contributed by atoms with Crippen LogP contribution >= 0.6 is 11.6 Å². The second kappa shape index (κ2) is 2.46. The molecule has 1 fully saturated rings. The van der Waals surface area contributed by atoms with Crippen molar-refractivity contribution in [3.63, 3.8) is 0 Å². The molecule has 3 rings (SSSR count). The lowest BCUT2D eigenvalue weighted by Gasteiger charge is -2.39. The highest BCUT2D eigenvalue weighted by Gasteiger charge is 2.24. The molecule has 0 aromatic carbocycles. The normalized spacial score (nSPS) is 25.3. The fourth-order valence-corrected chi connectivity index (χ4v) is 2.12. The van der Waals surface area contributed by atoms with Crippen LogP contribution in [-0.2, 0) is 0 Å². The Morgan fingerprint density at radius 2 is 2.20 bits per heavy atom. The molecule has 3 aliphatic heterocycles. The maximum Gasteiger partial charge on any atom is 0.0620 e. The van der Waals surface area contributed by atoms with Crippen LogP contribution in [0.4, 0.5) is 0 Å². The first-order chi connectivity index (χ1) is 4.90. The maximum atomic E-state index is 5.76. The van der Waals surface area contributed by atoms with Crippen LogP contribution in [0, 0.1) is 5.92 Å². The predicted octanol–water partition coefficient (Wildman–Crippen LogP) is 1.83. The molecule has 10 heavy (non-hydrogen) atoms. The molecule has 0 aromatic rings. The van der Waals surface area contributed by atoms with E-state index in [4.69, 9.17) is 11.6 Å². The minimum Gasteiger partial charge on any atom is -0.374 e. The number of alkyl halides is 1. The Balaban J connectivity index is 2.19. The molecule has 56 valence electrons. The largest absolute Gasteiger partial charge is 0.374 e. The quantitative estimate of drug-likeness (QED) is 0.525. The van der Waals surface area contributed by atoms with Crippen molar-refractivity contribution in [1.29, 1.82) is 0 Å². The van der Waals surface area contributed by atoms with Gasteiger partial charge in [0.1, 0.15) is 0 Å². The lowest BCUT2D eigenvalue weighted by molar-refractivity contribution is 0.221. The van der Waals surface area contributed by atoms with Crippen LogP contribution in [0.25, 0.3) is 0 Å². The summed E-state index contributed by atoms with van der Waals surface area (Å²) in [6.07, 6.45) is 5.04. The topological polar surface area (TPSA) is 3.24 Å². The monoisotopic (exact) mass is 157 g/mol. The SMILES string of the molecule is ClCC1=CC2CCN1CC2. The fourth-order valence-electron chi connectivity index (χ4n) is 1.86. The third-order valence-corrected chi connectivity index (χ3v) is 2.78. The second-order valence-corrected chi connectivity index (χ2v) is 3.38. The van der Waals surface area contributed by atoms with Crippen LogP contribution in [0.15, 0.2) is 11.8 Å². The number of fused-ring (bicyclic) bond motifs is 2. The molecule has 1 saturated heterocycles. The van der Waals surface area contributed by atoms with Crippen molar-refractivity contribution in [3.8, 4) is 0 Å². The van der Waals surface area contributed by atoms with Crippen LogP contribution < -0.4 is 0 Å². The third-order valence-electron chi connectivity index (χ3n) is 2.51. The van der Waals surface area contributed by atoms with Crippen molar-refractivity contribution >= 4 is 11.6 Å². The van der Waals surface area contributed by atoms with E-state index in [1.807, 2.05) is 0 Å². The predicted molar refractivity (Wildman–Crippen MR) is 43.1 cm³/mol. The zero-order valence-corrected chi connectivity index (χ0v) is 6.77. The summed E-state index contributed by atoms with van der Waals surface area (Å²) in [7, 11) is 0. The molecule has 3 heterocycles. The van der Waals surface area contributed by atoms with E-state index in [1.54, 1.807) is 0 Å². The first-order valence-electron chi connectivity index (χ1n) is 3.92. The van der Waals surface area contributed by atoms with Crippen molar-refractivity contribution in [1.82, 2.24) is 4.90 Å². The molecular formula is C8H12ClN. The molecule has 0 unspecified atom stereocenters. The van der Waals surface area contributed by atoms with Gasteiger partial charge >= 0.3 is 0 Å². The third kappa shape index (κ3) is 0.929. The molecular weight excluding hydrogens is 146 g/mol. The highest BCUT2D eigenvalue weighted by atomic mass is 35.5. The van der Waals surface area contributed by atoms with Gasteiger partial charge in [0.05, 0.1) is 5.88 Å². The average Bonchev–Trinajstić information content (AvgIpc) is 2.06. The summed E-state index contributed by atoms with van der Waals surface area (Å²) in [5.74, 6) is 1.55. The Labute approximate surface area is 66.7 Å². The summed E-state index contributed by atoms with van der Waals surface area (Å²) < 4.78 is 0. The van der Waals surface area contributed by atoms with Crippen LogP contribution in [0.3, 0.4) is 0 Å². The molecule has 0 N–H and O–H groups in total. The number of nitrogens with zero attached hydrogens (tertiary/aromatic N) is 1. The molecule has 0 radical (unpaired) electrons. The highest BCUT2D eigenvalue weighted by molar-refractivity contribution is 6.19. The van der Waals surface area contributed by atoms with E-state index >= 15 is 0 Å². The Morgan fingerprint density at radius 3 is 2.50 bits per heavy atom. The zero-order chi connectivity index (χ0) is 6.97. The molecule has 0 aromatic heterocycles. The minimum absolute atomic E-state index is 0.705. The van der Waals surface area contributed by atoms with Gasteiger partial charge in [-0.15, -0.1) is 11.6 Å². The molecule has 0 saturated carbocycles. The zero-order valence-electron chi connectivity index (χ0n) is 6.02. The van der Waals surface area contributed by atoms with Crippen LogP contribution in [0.1, 0.15) is 12.8 Å². The number of hydrogen-bond acceptors (Lipinski definition) is 1. The second-order valence-electron chi connectivity index (χ2n) is 3.12. The van der Waals surface area contributed by atoms with Crippen LogP contribution in [0.5, 0.6) is 0 Å². The molecule has 0 aliphatic carbocycles. The van der Waals surface area contributed by atoms with Crippen molar-refractivity contribution in [2.45, 2.75) is 12.8 Å². The summed E-state index contributed by atoms with van der Waals surface area (Å²) >= 11 is 5.76. The van der Waals surface area contributed by atoms with E-state index in [0.717, 1.165) is 5.92 Å². The lowest BCUT2D eigenvalue weighted by atomic mass is 9.91. The molecule has 2 heteroatoms. The summed E-state index contributed by atoms with van der Waals surface area (Å²) in [6, 6.07) is 0. The Bertz CT molecular complexity index is 157. The standard InChI is InChI=1S/C8H12ClN/c9-6-8-5-7-1-3-10(8)4-2-7/h5,7H,1-4,6H2. The summed E-state index contributed by atoms with van der Waals surface area (Å²) in [4.78, 5) is 2.41. The lowest BCUT2D eigenvalue weighted by Crippen LogP contribution is -2.38. The van der Waals surface area contributed by atoms with E-state index in [1.165, 1.54) is 31.6 Å². The average molecular weight is 158 g/mol. The van der Waals surface area contributed by atoms with E-state index < -0.39 is 0 Å². The van der Waals surface area contributed by atoms with Gasteiger partial charge in [-0.05, 0) is 18.8 Å². The van der Waals surface area contributed by atoms with Crippen LogP contribution in [-0.4, -0.2) is 23.9 Å². The molecule has 0 atom stereocenters. The van der Waals surface area contributed by atoms with Gasteiger partial charge in [-0.3, -0.25) is 0 Å². The summed E-state index contributed by atoms with van der Waals surface area (Å²) in [5.41, 5.74) is 1.36. The first-order valence-corrected chi connectivity index (χ1v) is 4.45. The Hall–Kier alpha value is -0.170. The summed E-state index contributed by atoms with van der Waals surface area (Å²) in [5, 5.41) is 0. The number of hydrogen-bond donors (Lipinski definition) is 0. The Kier molecular flexibility index (Phi) is 1.61. The molecule has 0 amide bonds. The minimum atomic E-state index is 0.705. The van der Waals surface area contributed by atoms with Gasteiger partial charge in [0.15, 0.2) is 0 Å². The van der Waals surface area contributed by atoms with E-state index in [2.05, 4.69) is 11.0 Å². The van der Waals surface area contributed by atoms with Gasteiger partial charge in [0.2, 0.25) is 0 Å². The van der Waals surface area contributed by atoms with E-state index in [9.17, 15) is 0 Å². The van der Waals surface area contributed by atoms with Gasteiger partial charge < -0.3 is 4.90 Å². The van der Waals surface area contributed by atoms with Gasteiger partial charge in [0.25, 0.3) is 0 Å². The molecule has 2 bridgehead atoms. The van der Waals surface area contributed by atoms with E-state index in [-0.39, 0.29) is 0 Å². The fraction of sp³-hybridized carbons (Fsp3) is 0.750. The van der Waals surface area contributed by atoms with Crippen LogP contribution in [0.2, 0.25) is 0 Å². The van der Waals surface area contributed by atoms with Gasteiger partial charge in [-0.1, -0.05) is 6.08 Å². The number of piperidine rings is 1. The Morgan fingerprint density at radius 1 is 1.50 bits per heavy atom. The van der Waals surface area contributed by atoms with Gasteiger partial charge in [0, 0.05) is 18.8 Å². The number of rotatable bonds is 1. The maximum absolute atomic E-state index is 5.76. The summed E-state index contributed by atoms with van der Waals surface area (Å²) in [6.45, 7) is 2.48. The molecule has 3 aliphatic rings.